The highest BCUT2D eigenvalue weighted by Gasteiger charge is 2.29. The van der Waals surface area contributed by atoms with Crippen molar-refractivity contribution in [2.24, 2.45) is 5.92 Å². The van der Waals surface area contributed by atoms with Crippen LogP contribution in [0.3, 0.4) is 0 Å². The third kappa shape index (κ3) is 2.32. The number of rotatable bonds is 2. The molecule has 1 fully saturated rings. The van der Waals surface area contributed by atoms with E-state index in [1.54, 1.807) is 4.88 Å². The zero-order chi connectivity index (χ0) is 12.4. The molecule has 0 spiro atoms. The lowest BCUT2D eigenvalue weighted by Crippen LogP contribution is -2.40. The smallest absolute Gasteiger partial charge is 0.0672 e. The van der Waals surface area contributed by atoms with Crippen LogP contribution in [0.4, 0.5) is 0 Å². The maximum atomic E-state index is 9.26. The van der Waals surface area contributed by atoms with Crippen LogP contribution < -0.4 is 5.32 Å². The Morgan fingerprint density at radius 3 is 3.00 bits per heavy atom. The van der Waals surface area contributed by atoms with Crippen molar-refractivity contribution in [3.8, 4) is 6.07 Å². The van der Waals surface area contributed by atoms with Gasteiger partial charge in [-0.3, -0.25) is 0 Å². The molecule has 3 heteroatoms. The molecule has 3 atom stereocenters. The first-order valence-electron chi connectivity index (χ1n) is 7.10. The molecule has 18 heavy (non-hydrogen) atoms. The van der Waals surface area contributed by atoms with Crippen molar-refractivity contribution >= 4 is 11.3 Å². The molecule has 2 aliphatic carbocycles. The molecule has 0 radical (unpaired) electrons. The zero-order valence-electron chi connectivity index (χ0n) is 10.7. The number of nitriles is 1. The summed E-state index contributed by atoms with van der Waals surface area (Å²) in [5.41, 5.74) is 1.51. The number of nitrogens with zero attached hydrogens (tertiary/aromatic N) is 1. The first-order valence-corrected chi connectivity index (χ1v) is 7.98. The van der Waals surface area contributed by atoms with Crippen molar-refractivity contribution in [1.82, 2.24) is 5.32 Å². The van der Waals surface area contributed by atoms with E-state index in [1.165, 1.54) is 44.1 Å². The van der Waals surface area contributed by atoms with Crippen LogP contribution in [0.2, 0.25) is 0 Å². The SMILES string of the molecule is N#CC1CCCCC1NC1CCCc2sccc21. The van der Waals surface area contributed by atoms with Crippen LogP contribution >= 0.6 is 11.3 Å². The summed E-state index contributed by atoms with van der Waals surface area (Å²) in [4.78, 5) is 1.56. The Bertz CT molecular complexity index is 446. The Morgan fingerprint density at radius 2 is 2.11 bits per heavy atom. The molecule has 0 amide bonds. The lowest BCUT2D eigenvalue weighted by Gasteiger charge is -2.33. The molecule has 1 aromatic rings. The van der Waals surface area contributed by atoms with Gasteiger partial charge >= 0.3 is 0 Å². The van der Waals surface area contributed by atoms with E-state index in [0.717, 1.165) is 6.42 Å². The molecular weight excluding hydrogens is 240 g/mol. The summed E-state index contributed by atoms with van der Waals surface area (Å²) in [6, 6.07) is 5.70. The molecule has 3 rings (SSSR count). The minimum Gasteiger partial charge on any atom is -0.306 e. The van der Waals surface area contributed by atoms with E-state index in [4.69, 9.17) is 0 Å². The molecule has 1 heterocycles. The molecule has 96 valence electrons. The normalized spacial score (nSPS) is 31.6. The van der Waals surface area contributed by atoms with Gasteiger partial charge < -0.3 is 5.32 Å². The first-order chi connectivity index (χ1) is 8.88. The number of thiophene rings is 1. The van der Waals surface area contributed by atoms with Crippen LogP contribution in [-0.2, 0) is 6.42 Å². The van der Waals surface area contributed by atoms with Gasteiger partial charge in [-0.15, -0.1) is 11.3 Å². The van der Waals surface area contributed by atoms with Crippen LogP contribution in [0, 0.1) is 17.2 Å². The van der Waals surface area contributed by atoms with Gasteiger partial charge in [-0.1, -0.05) is 12.8 Å². The number of hydrogen-bond donors (Lipinski definition) is 1. The monoisotopic (exact) mass is 260 g/mol. The summed E-state index contributed by atoms with van der Waals surface area (Å²) < 4.78 is 0. The maximum absolute atomic E-state index is 9.26. The Kier molecular flexibility index (Phi) is 3.67. The van der Waals surface area contributed by atoms with Gasteiger partial charge in [0.1, 0.15) is 0 Å². The molecule has 2 nitrogen and oxygen atoms in total. The average molecular weight is 260 g/mol. The van der Waals surface area contributed by atoms with Crippen LogP contribution in [0.25, 0.3) is 0 Å². The minimum atomic E-state index is 0.225. The summed E-state index contributed by atoms with van der Waals surface area (Å²) in [7, 11) is 0. The Hall–Kier alpha value is -0.850. The molecular formula is C15H20N2S. The Labute approximate surface area is 113 Å². The van der Waals surface area contributed by atoms with Crippen molar-refractivity contribution in [2.45, 2.75) is 57.0 Å². The fourth-order valence-electron chi connectivity index (χ4n) is 3.40. The molecule has 0 aliphatic heterocycles. The third-order valence-corrected chi connectivity index (χ3v) is 5.40. The van der Waals surface area contributed by atoms with Crippen molar-refractivity contribution in [3.63, 3.8) is 0 Å². The van der Waals surface area contributed by atoms with Gasteiger partial charge in [-0.25, -0.2) is 0 Å². The molecule has 2 aliphatic rings. The average Bonchev–Trinajstić information content (AvgIpc) is 2.89. The molecule has 3 unspecified atom stereocenters. The number of hydrogen-bond acceptors (Lipinski definition) is 3. The van der Waals surface area contributed by atoms with Crippen molar-refractivity contribution in [3.05, 3.63) is 21.9 Å². The highest BCUT2D eigenvalue weighted by atomic mass is 32.1. The van der Waals surface area contributed by atoms with Gasteiger partial charge in [-0.05, 0) is 49.1 Å². The van der Waals surface area contributed by atoms with E-state index in [-0.39, 0.29) is 5.92 Å². The number of fused-ring (bicyclic) bond motifs is 1. The lowest BCUT2D eigenvalue weighted by molar-refractivity contribution is 0.276. The fraction of sp³-hybridized carbons (Fsp3) is 0.667. The van der Waals surface area contributed by atoms with E-state index >= 15 is 0 Å². The molecule has 1 N–H and O–H groups in total. The molecule has 0 aromatic carbocycles. The van der Waals surface area contributed by atoms with Gasteiger partial charge in [-0.2, -0.15) is 5.26 Å². The number of aryl methyl sites for hydroxylation is 1. The topological polar surface area (TPSA) is 35.8 Å². The largest absolute Gasteiger partial charge is 0.306 e. The highest BCUT2D eigenvalue weighted by Crippen LogP contribution is 2.35. The number of nitrogens with one attached hydrogen (secondary N) is 1. The standard InChI is InChI=1S/C15H20N2S/c16-10-11-4-1-2-5-13(11)17-14-6-3-7-15-12(14)8-9-18-15/h8-9,11,13-14,17H,1-7H2. The summed E-state index contributed by atoms with van der Waals surface area (Å²) in [5.74, 6) is 0.225. The molecule has 1 aromatic heterocycles. The highest BCUT2D eigenvalue weighted by molar-refractivity contribution is 7.10. The van der Waals surface area contributed by atoms with E-state index < -0.39 is 0 Å². The molecule has 1 saturated carbocycles. The Morgan fingerprint density at radius 1 is 1.22 bits per heavy atom. The second-order valence-electron chi connectivity index (χ2n) is 5.54. The fourth-order valence-corrected chi connectivity index (χ4v) is 4.39. The summed E-state index contributed by atoms with van der Waals surface area (Å²) in [6.45, 7) is 0. The predicted molar refractivity (Wildman–Crippen MR) is 74.5 cm³/mol. The maximum Gasteiger partial charge on any atom is 0.0672 e. The summed E-state index contributed by atoms with van der Waals surface area (Å²) in [5, 5.41) is 15.3. The lowest BCUT2D eigenvalue weighted by atomic mass is 9.83. The van der Waals surface area contributed by atoms with E-state index in [0.29, 0.717) is 12.1 Å². The van der Waals surface area contributed by atoms with Gasteiger partial charge in [0.05, 0.1) is 12.0 Å². The Balaban J connectivity index is 1.72. The third-order valence-electron chi connectivity index (χ3n) is 4.40. The van der Waals surface area contributed by atoms with Gasteiger partial charge in [0.15, 0.2) is 0 Å². The first kappa shape index (κ1) is 12.2. The second kappa shape index (κ2) is 5.42. The van der Waals surface area contributed by atoms with Crippen LogP contribution in [0.15, 0.2) is 11.4 Å². The zero-order valence-corrected chi connectivity index (χ0v) is 11.5. The minimum absolute atomic E-state index is 0.225. The summed E-state index contributed by atoms with van der Waals surface area (Å²) in [6.07, 6.45) is 8.53. The van der Waals surface area contributed by atoms with E-state index in [1.807, 2.05) is 11.3 Å². The molecule has 0 saturated heterocycles. The van der Waals surface area contributed by atoms with Crippen molar-refractivity contribution in [1.29, 1.82) is 5.26 Å². The van der Waals surface area contributed by atoms with Gasteiger partial charge in [0.2, 0.25) is 0 Å². The van der Waals surface area contributed by atoms with E-state index in [2.05, 4.69) is 22.8 Å². The van der Waals surface area contributed by atoms with Crippen molar-refractivity contribution < 1.29 is 0 Å². The van der Waals surface area contributed by atoms with E-state index in [9.17, 15) is 5.26 Å². The van der Waals surface area contributed by atoms with Crippen LogP contribution in [0.5, 0.6) is 0 Å². The quantitative estimate of drug-likeness (QED) is 0.878. The van der Waals surface area contributed by atoms with Crippen LogP contribution in [0.1, 0.15) is 55.0 Å². The van der Waals surface area contributed by atoms with Crippen molar-refractivity contribution in [2.75, 3.05) is 0 Å². The van der Waals surface area contributed by atoms with Crippen LogP contribution in [-0.4, -0.2) is 6.04 Å². The van der Waals surface area contributed by atoms with Gasteiger partial charge in [0, 0.05) is 17.0 Å². The predicted octanol–water partition coefficient (Wildman–Crippen LogP) is 3.80. The summed E-state index contributed by atoms with van der Waals surface area (Å²) >= 11 is 1.89. The molecule has 0 bridgehead atoms. The van der Waals surface area contributed by atoms with Gasteiger partial charge in [0.25, 0.3) is 0 Å². The second-order valence-corrected chi connectivity index (χ2v) is 6.54.